The van der Waals surface area contributed by atoms with Gasteiger partial charge in [-0.15, -0.1) is 11.3 Å². The van der Waals surface area contributed by atoms with E-state index in [1.807, 2.05) is 20.8 Å². The SMILES string of the molecule is CC(C)(C)C(=O)NCc1ccc(C(=O)COC(=O)CCCN2C(=O)c3ccccc3C2=O)s1. The Morgan fingerprint density at radius 3 is 2.24 bits per heavy atom. The Hall–Kier alpha value is -3.33. The molecule has 0 bridgehead atoms. The van der Waals surface area contributed by atoms with Crippen LogP contribution in [0.25, 0.3) is 0 Å². The molecule has 0 saturated carbocycles. The normalized spacial score (nSPS) is 13.1. The zero-order chi connectivity index (χ0) is 24.2. The van der Waals surface area contributed by atoms with Crippen LogP contribution in [0.15, 0.2) is 36.4 Å². The van der Waals surface area contributed by atoms with Crippen LogP contribution in [-0.4, -0.2) is 47.5 Å². The van der Waals surface area contributed by atoms with Crippen molar-refractivity contribution in [1.82, 2.24) is 10.2 Å². The van der Waals surface area contributed by atoms with Gasteiger partial charge in [-0.2, -0.15) is 0 Å². The van der Waals surface area contributed by atoms with E-state index in [0.29, 0.717) is 22.5 Å². The summed E-state index contributed by atoms with van der Waals surface area (Å²) in [5.74, 6) is -1.73. The summed E-state index contributed by atoms with van der Waals surface area (Å²) >= 11 is 1.24. The fraction of sp³-hybridized carbons (Fsp3) is 0.375. The third-order valence-electron chi connectivity index (χ3n) is 5.05. The number of rotatable bonds is 9. The van der Waals surface area contributed by atoms with Crippen LogP contribution < -0.4 is 5.32 Å². The number of fused-ring (bicyclic) bond motifs is 1. The van der Waals surface area contributed by atoms with Crippen LogP contribution in [-0.2, 0) is 20.9 Å². The van der Waals surface area contributed by atoms with Crippen molar-refractivity contribution >= 4 is 40.8 Å². The molecule has 0 spiro atoms. The molecule has 1 aromatic carbocycles. The topological polar surface area (TPSA) is 110 Å². The molecule has 0 fully saturated rings. The van der Waals surface area contributed by atoms with E-state index in [9.17, 15) is 24.0 Å². The van der Waals surface area contributed by atoms with Gasteiger partial charge in [0.15, 0.2) is 6.61 Å². The minimum absolute atomic E-state index is 0.0186. The molecule has 3 amide bonds. The summed E-state index contributed by atoms with van der Waals surface area (Å²) < 4.78 is 5.05. The summed E-state index contributed by atoms with van der Waals surface area (Å²) in [5.41, 5.74) is 0.233. The van der Waals surface area contributed by atoms with E-state index in [2.05, 4.69) is 5.32 Å². The Morgan fingerprint density at radius 2 is 1.64 bits per heavy atom. The van der Waals surface area contributed by atoms with Crippen LogP contribution in [0, 0.1) is 5.41 Å². The molecule has 1 aliphatic heterocycles. The first-order valence-electron chi connectivity index (χ1n) is 10.6. The minimum atomic E-state index is -0.575. The van der Waals surface area contributed by atoms with Crippen molar-refractivity contribution in [3.63, 3.8) is 0 Å². The molecule has 2 heterocycles. The molecule has 1 aromatic heterocycles. The predicted octanol–water partition coefficient (Wildman–Crippen LogP) is 3.21. The molecule has 2 aromatic rings. The Bertz CT molecular complexity index is 1060. The fourth-order valence-corrected chi connectivity index (χ4v) is 4.04. The monoisotopic (exact) mass is 470 g/mol. The number of hydrogen-bond acceptors (Lipinski definition) is 7. The highest BCUT2D eigenvalue weighted by molar-refractivity contribution is 7.14. The van der Waals surface area contributed by atoms with Crippen LogP contribution in [0.2, 0.25) is 0 Å². The van der Waals surface area contributed by atoms with Gasteiger partial charge < -0.3 is 10.1 Å². The summed E-state index contributed by atoms with van der Waals surface area (Å²) in [6, 6.07) is 9.99. The smallest absolute Gasteiger partial charge is 0.306 e. The third kappa shape index (κ3) is 5.92. The number of nitrogens with one attached hydrogen (secondary N) is 1. The Kier molecular flexibility index (Phi) is 7.43. The summed E-state index contributed by atoms with van der Waals surface area (Å²) in [6.45, 7) is 5.50. The number of ketones is 1. The first-order valence-corrected chi connectivity index (χ1v) is 11.4. The lowest BCUT2D eigenvalue weighted by Crippen LogP contribution is -2.34. The van der Waals surface area contributed by atoms with Crippen LogP contribution in [0.1, 0.15) is 68.9 Å². The lowest BCUT2D eigenvalue weighted by atomic mass is 9.96. The van der Waals surface area contributed by atoms with Gasteiger partial charge in [-0.25, -0.2) is 0 Å². The van der Waals surface area contributed by atoms with Crippen molar-refractivity contribution in [2.75, 3.05) is 13.2 Å². The molecule has 0 saturated heterocycles. The first-order chi connectivity index (χ1) is 15.6. The second-order valence-electron chi connectivity index (χ2n) is 8.69. The van der Waals surface area contributed by atoms with E-state index < -0.39 is 11.4 Å². The van der Waals surface area contributed by atoms with E-state index in [4.69, 9.17) is 4.74 Å². The fourth-order valence-electron chi connectivity index (χ4n) is 3.17. The van der Waals surface area contributed by atoms with Crippen molar-refractivity contribution < 1.29 is 28.7 Å². The maximum absolute atomic E-state index is 12.3. The number of imide groups is 1. The molecule has 0 radical (unpaired) electrons. The number of thiophene rings is 1. The molecular weight excluding hydrogens is 444 g/mol. The number of amides is 3. The summed E-state index contributed by atoms with van der Waals surface area (Å²) in [7, 11) is 0. The van der Waals surface area contributed by atoms with E-state index in [1.54, 1.807) is 36.4 Å². The van der Waals surface area contributed by atoms with Crippen molar-refractivity contribution in [3.05, 3.63) is 57.3 Å². The average molecular weight is 471 g/mol. The molecule has 1 N–H and O–H groups in total. The highest BCUT2D eigenvalue weighted by Gasteiger charge is 2.34. The van der Waals surface area contributed by atoms with Gasteiger partial charge in [0, 0.05) is 23.3 Å². The second-order valence-corrected chi connectivity index (χ2v) is 9.86. The van der Waals surface area contributed by atoms with Gasteiger partial charge in [0.25, 0.3) is 11.8 Å². The number of carbonyl (C=O) groups is 5. The molecule has 1 aliphatic rings. The van der Waals surface area contributed by atoms with Crippen LogP contribution in [0.4, 0.5) is 0 Å². The highest BCUT2D eigenvalue weighted by Crippen LogP contribution is 2.23. The number of carbonyl (C=O) groups excluding carboxylic acids is 5. The lowest BCUT2D eigenvalue weighted by molar-refractivity contribution is -0.142. The minimum Gasteiger partial charge on any atom is -0.457 e. The molecule has 33 heavy (non-hydrogen) atoms. The first kappa shape index (κ1) is 24.3. The number of nitrogens with zero attached hydrogens (tertiary/aromatic N) is 1. The van der Waals surface area contributed by atoms with Gasteiger partial charge in [-0.05, 0) is 30.7 Å². The van der Waals surface area contributed by atoms with Crippen molar-refractivity contribution in [2.45, 2.75) is 40.2 Å². The molecule has 0 atom stereocenters. The van der Waals surface area contributed by atoms with Gasteiger partial charge in [-0.3, -0.25) is 28.9 Å². The van der Waals surface area contributed by atoms with Gasteiger partial charge in [0.1, 0.15) is 0 Å². The number of Topliss-reactive ketones (excluding diaryl/α,β-unsaturated/α-hetero) is 1. The number of benzene rings is 1. The number of hydrogen-bond donors (Lipinski definition) is 1. The summed E-state index contributed by atoms with van der Waals surface area (Å²) in [5, 5.41) is 2.82. The molecule has 174 valence electrons. The van der Waals surface area contributed by atoms with E-state index in [-0.39, 0.29) is 49.5 Å². The van der Waals surface area contributed by atoms with Gasteiger partial charge in [0.05, 0.1) is 22.5 Å². The Balaban J connectivity index is 1.39. The Labute approximate surface area is 195 Å². The summed E-state index contributed by atoms with van der Waals surface area (Å²) in [4.78, 5) is 63.3. The molecular formula is C24H26N2O6S. The largest absolute Gasteiger partial charge is 0.457 e. The number of esters is 1. The highest BCUT2D eigenvalue weighted by atomic mass is 32.1. The predicted molar refractivity (Wildman–Crippen MR) is 122 cm³/mol. The number of ether oxygens (including phenoxy) is 1. The molecule has 8 nitrogen and oxygen atoms in total. The third-order valence-corrected chi connectivity index (χ3v) is 6.17. The van der Waals surface area contributed by atoms with E-state index >= 15 is 0 Å². The summed E-state index contributed by atoms with van der Waals surface area (Å²) in [6.07, 6.45) is 0.227. The van der Waals surface area contributed by atoms with Crippen molar-refractivity contribution in [1.29, 1.82) is 0 Å². The van der Waals surface area contributed by atoms with Crippen molar-refractivity contribution in [2.24, 2.45) is 5.41 Å². The van der Waals surface area contributed by atoms with Crippen LogP contribution in [0.5, 0.6) is 0 Å². The van der Waals surface area contributed by atoms with Gasteiger partial charge in [-0.1, -0.05) is 32.9 Å². The van der Waals surface area contributed by atoms with Crippen LogP contribution >= 0.6 is 11.3 Å². The Morgan fingerprint density at radius 1 is 1.00 bits per heavy atom. The molecule has 0 aliphatic carbocycles. The van der Waals surface area contributed by atoms with E-state index in [1.165, 1.54) is 11.3 Å². The maximum atomic E-state index is 12.3. The standard InChI is InChI=1S/C24H26N2O6S/c1-24(2,3)23(31)25-13-15-10-11-19(33-15)18(27)14-32-20(28)9-6-12-26-21(29)16-7-4-5-8-17(16)22(26)30/h4-5,7-8,10-11H,6,9,12-14H2,1-3H3,(H,25,31). The zero-order valence-electron chi connectivity index (χ0n) is 18.8. The maximum Gasteiger partial charge on any atom is 0.306 e. The second kappa shape index (κ2) is 10.1. The van der Waals surface area contributed by atoms with Crippen LogP contribution in [0.3, 0.4) is 0 Å². The molecule has 0 unspecified atom stereocenters. The van der Waals surface area contributed by atoms with Gasteiger partial charge >= 0.3 is 5.97 Å². The zero-order valence-corrected chi connectivity index (χ0v) is 19.6. The molecule has 3 rings (SSSR count). The lowest BCUT2D eigenvalue weighted by Gasteiger charge is -2.17. The average Bonchev–Trinajstić information content (AvgIpc) is 3.34. The molecule has 9 heteroatoms. The van der Waals surface area contributed by atoms with E-state index in [0.717, 1.165) is 9.78 Å². The van der Waals surface area contributed by atoms with Crippen molar-refractivity contribution in [3.8, 4) is 0 Å². The van der Waals surface area contributed by atoms with Gasteiger partial charge in [0.2, 0.25) is 11.7 Å². The quantitative estimate of drug-likeness (QED) is 0.342.